The van der Waals surface area contributed by atoms with Crippen LogP contribution in [0.5, 0.6) is 0 Å². The van der Waals surface area contributed by atoms with Gasteiger partial charge >= 0.3 is 0 Å². The molecule has 0 bridgehead atoms. The van der Waals surface area contributed by atoms with E-state index in [0.717, 1.165) is 18.5 Å². The zero-order valence-electron chi connectivity index (χ0n) is 32.2. The molecule has 3 nitrogen and oxygen atoms in total. The minimum absolute atomic E-state index is 0.0447. The number of benzene rings is 7. The molecule has 2 aliphatic rings. The second kappa shape index (κ2) is 17.0. The Bertz CT molecular complexity index is 2250. The van der Waals surface area contributed by atoms with Gasteiger partial charge in [-0.25, -0.2) is 5.43 Å². The number of allylic oxidation sites excluding steroid dienone is 4. The first-order valence-electron chi connectivity index (χ1n) is 20.0. The van der Waals surface area contributed by atoms with E-state index in [1.165, 1.54) is 55.6 Å². The summed E-state index contributed by atoms with van der Waals surface area (Å²) in [6.45, 7) is 4.00. The Balaban J connectivity index is 0.00000217. The maximum atomic E-state index is 3.86. The van der Waals surface area contributed by atoms with Gasteiger partial charge in [-0.3, -0.25) is 0 Å². The molecule has 3 heteroatoms. The Morgan fingerprint density at radius 3 is 1.50 bits per heavy atom. The van der Waals surface area contributed by atoms with E-state index < -0.39 is 5.41 Å². The SMILES string of the molecule is C1=CCCC(c2ccc(C(Nc3ccc(-c4ccc(C(c5ccccc5)(c5ccccc5)c5ccccc5)cc4)cc3)N3NC3c3ccccc3)cc2)=C1.CC. The van der Waals surface area contributed by atoms with Crippen LogP contribution in [-0.2, 0) is 5.41 Å². The number of nitrogens with zero attached hydrogens (tertiary/aromatic N) is 1. The number of rotatable bonds is 11. The highest BCUT2D eigenvalue weighted by Gasteiger charge is 2.41. The molecule has 7 aromatic carbocycles. The van der Waals surface area contributed by atoms with Gasteiger partial charge in [0.15, 0.2) is 0 Å². The molecule has 2 N–H and O–H groups in total. The van der Waals surface area contributed by atoms with Crippen molar-refractivity contribution in [3.05, 3.63) is 251 Å². The molecule has 0 spiro atoms. The Kier molecular flexibility index (Phi) is 11.2. The van der Waals surface area contributed by atoms with Crippen LogP contribution in [0.15, 0.2) is 212 Å². The monoisotopic (exact) mass is 727 g/mol. The van der Waals surface area contributed by atoms with Crippen molar-refractivity contribution in [2.24, 2.45) is 0 Å². The fourth-order valence-electron chi connectivity index (χ4n) is 8.13. The largest absolute Gasteiger partial charge is 0.365 e. The molecular formula is C53H49N3. The number of nitrogens with one attached hydrogen (secondary N) is 2. The highest BCUT2D eigenvalue weighted by atomic mass is 15.8. The van der Waals surface area contributed by atoms with Crippen LogP contribution < -0.4 is 10.7 Å². The van der Waals surface area contributed by atoms with Crippen molar-refractivity contribution in [1.29, 1.82) is 0 Å². The molecular weight excluding hydrogens is 679 g/mol. The molecule has 0 amide bonds. The highest BCUT2D eigenvalue weighted by Crippen LogP contribution is 2.45. The summed E-state index contributed by atoms with van der Waals surface area (Å²) in [6.07, 6.45) is 8.95. The second-order valence-electron chi connectivity index (χ2n) is 14.2. The molecule has 3 unspecified atom stereocenters. The third kappa shape index (κ3) is 7.52. The van der Waals surface area contributed by atoms with Gasteiger partial charge in [0.2, 0.25) is 0 Å². The minimum Gasteiger partial charge on any atom is -0.365 e. The van der Waals surface area contributed by atoms with Gasteiger partial charge in [0.25, 0.3) is 0 Å². The lowest BCUT2D eigenvalue weighted by Gasteiger charge is -2.37. The molecule has 0 aromatic heterocycles. The third-order valence-corrected chi connectivity index (χ3v) is 10.9. The highest BCUT2D eigenvalue weighted by molar-refractivity contribution is 5.70. The second-order valence-corrected chi connectivity index (χ2v) is 14.2. The molecule has 0 radical (unpaired) electrons. The van der Waals surface area contributed by atoms with Gasteiger partial charge in [0.05, 0.1) is 5.41 Å². The van der Waals surface area contributed by atoms with Crippen molar-refractivity contribution in [1.82, 2.24) is 10.4 Å². The van der Waals surface area contributed by atoms with E-state index in [1.54, 1.807) is 0 Å². The maximum absolute atomic E-state index is 3.86. The predicted molar refractivity (Wildman–Crippen MR) is 235 cm³/mol. The first-order valence-corrected chi connectivity index (χ1v) is 20.0. The van der Waals surface area contributed by atoms with Crippen LogP contribution in [0.3, 0.4) is 0 Å². The molecule has 1 heterocycles. The fraction of sp³-hybridized carbons (Fsp3) is 0.132. The number of hydrazine groups is 1. The van der Waals surface area contributed by atoms with Crippen LogP contribution in [0.1, 0.15) is 78.0 Å². The van der Waals surface area contributed by atoms with Gasteiger partial charge in [-0.1, -0.05) is 214 Å². The van der Waals surface area contributed by atoms with E-state index in [9.17, 15) is 0 Å². The van der Waals surface area contributed by atoms with Gasteiger partial charge in [-0.05, 0) is 80.6 Å². The van der Waals surface area contributed by atoms with E-state index in [-0.39, 0.29) is 12.3 Å². The van der Waals surface area contributed by atoms with Crippen molar-refractivity contribution in [3.63, 3.8) is 0 Å². The molecule has 9 rings (SSSR count). The number of hydrogen-bond donors (Lipinski definition) is 2. The van der Waals surface area contributed by atoms with Gasteiger partial charge in [0.1, 0.15) is 12.3 Å². The Labute approximate surface area is 332 Å². The van der Waals surface area contributed by atoms with Gasteiger partial charge in [-0.2, -0.15) is 5.01 Å². The summed E-state index contributed by atoms with van der Waals surface area (Å²) in [6, 6.07) is 70.4. The summed E-state index contributed by atoms with van der Waals surface area (Å²) in [5.41, 5.74) is 16.7. The Morgan fingerprint density at radius 1 is 0.536 bits per heavy atom. The van der Waals surface area contributed by atoms with Gasteiger partial charge < -0.3 is 5.32 Å². The summed E-state index contributed by atoms with van der Waals surface area (Å²) in [5.74, 6) is 0. The van der Waals surface area contributed by atoms with Crippen molar-refractivity contribution < 1.29 is 0 Å². The molecule has 7 aromatic rings. The van der Waals surface area contributed by atoms with Crippen molar-refractivity contribution >= 4 is 11.3 Å². The van der Waals surface area contributed by atoms with Crippen LogP contribution in [0.4, 0.5) is 5.69 Å². The molecule has 56 heavy (non-hydrogen) atoms. The Morgan fingerprint density at radius 2 is 1.00 bits per heavy atom. The molecule has 276 valence electrons. The van der Waals surface area contributed by atoms with Crippen molar-refractivity contribution in [2.75, 3.05) is 5.32 Å². The van der Waals surface area contributed by atoms with E-state index in [0.29, 0.717) is 0 Å². The lowest BCUT2D eigenvalue weighted by atomic mass is 9.65. The maximum Gasteiger partial charge on any atom is 0.121 e. The first-order chi connectivity index (χ1) is 27.8. The minimum atomic E-state index is -0.461. The van der Waals surface area contributed by atoms with E-state index in [4.69, 9.17) is 0 Å². The van der Waals surface area contributed by atoms with Gasteiger partial charge in [0, 0.05) is 5.69 Å². The molecule has 1 saturated heterocycles. The first kappa shape index (κ1) is 36.7. The fourth-order valence-corrected chi connectivity index (χ4v) is 8.13. The molecule has 3 atom stereocenters. The lowest BCUT2D eigenvalue weighted by molar-refractivity contribution is 0.394. The molecule has 1 aliphatic heterocycles. The summed E-state index contributed by atoms with van der Waals surface area (Å²) < 4.78 is 0. The van der Waals surface area contributed by atoms with Crippen molar-refractivity contribution in [3.8, 4) is 11.1 Å². The zero-order valence-corrected chi connectivity index (χ0v) is 32.2. The van der Waals surface area contributed by atoms with Gasteiger partial charge in [-0.15, -0.1) is 0 Å². The average molecular weight is 728 g/mol. The predicted octanol–water partition coefficient (Wildman–Crippen LogP) is 13.1. The average Bonchev–Trinajstić information content (AvgIpc) is 4.10. The van der Waals surface area contributed by atoms with Crippen LogP contribution in [-0.4, -0.2) is 5.01 Å². The van der Waals surface area contributed by atoms with Crippen LogP contribution in [0, 0.1) is 0 Å². The Hall–Kier alpha value is -6.26. The molecule has 1 aliphatic carbocycles. The van der Waals surface area contributed by atoms with E-state index in [1.807, 2.05) is 13.8 Å². The normalized spacial score (nSPS) is 16.5. The standard InChI is InChI=1S/C51H43N3.C2H6/c1-6-16-38(17-7-1)39-26-28-43(29-27-39)49(54-50(53-54)42-18-8-2-9-19-42)52-48-36-32-41(33-37-48)40-30-34-47(35-31-40)51(44-20-10-3-11-21-44,45-22-12-4-13-23-45)46-24-14-5-15-25-46;1-2/h1-6,8-16,18-37,49-50,52-53H,7,17H2;1-2H3. The topological polar surface area (TPSA) is 37.0 Å². The summed E-state index contributed by atoms with van der Waals surface area (Å²) in [5, 5.41) is 6.16. The third-order valence-electron chi connectivity index (χ3n) is 10.9. The molecule has 0 saturated carbocycles. The zero-order chi connectivity index (χ0) is 38.2. The quantitative estimate of drug-likeness (QED) is 0.103. The van der Waals surface area contributed by atoms with E-state index in [2.05, 4.69) is 228 Å². The summed E-state index contributed by atoms with van der Waals surface area (Å²) >= 11 is 0. The number of anilines is 1. The van der Waals surface area contributed by atoms with Crippen molar-refractivity contribution in [2.45, 2.75) is 44.4 Å². The lowest BCUT2D eigenvalue weighted by Crippen LogP contribution is -2.30. The molecule has 1 fully saturated rings. The summed E-state index contributed by atoms with van der Waals surface area (Å²) in [7, 11) is 0. The van der Waals surface area contributed by atoms with E-state index >= 15 is 0 Å². The van der Waals surface area contributed by atoms with Crippen LogP contribution >= 0.6 is 0 Å². The summed E-state index contributed by atoms with van der Waals surface area (Å²) in [4.78, 5) is 0. The van der Waals surface area contributed by atoms with Crippen LogP contribution in [0.2, 0.25) is 0 Å². The smallest absolute Gasteiger partial charge is 0.121 e. The van der Waals surface area contributed by atoms with Crippen LogP contribution in [0.25, 0.3) is 16.7 Å². The number of hydrogen-bond acceptors (Lipinski definition) is 3.